The molecule has 36 heavy (non-hydrogen) atoms. The Morgan fingerprint density at radius 2 is 1.81 bits per heavy atom. The monoisotopic (exact) mass is 511 g/mol. The van der Waals surface area contributed by atoms with Crippen molar-refractivity contribution >= 4 is 29.3 Å². The third-order valence-electron chi connectivity index (χ3n) is 5.67. The number of carboxylic acid groups (broad SMARTS) is 1. The van der Waals surface area contributed by atoms with Crippen LogP contribution in [0.1, 0.15) is 50.5 Å². The molecule has 1 aromatic heterocycles. The molecular weight excluding hydrogens is 478 g/mol. The van der Waals surface area contributed by atoms with Gasteiger partial charge in [0.15, 0.2) is 0 Å². The van der Waals surface area contributed by atoms with E-state index in [9.17, 15) is 14.7 Å². The smallest absolute Gasteiger partial charge is 0.319 e. The van der Waals surface area contributed by atoms with E-state index in [2.05, 4.69) is 17.2 Å². The third-order valence-corrected chi connectivity index (χ3v) is 6.86. The van der Waals surface area contributed by atoms with Crippen molar-refractivity contribution in [2.75, 3.05) is 19.5 Å². The number of amides is 1. The molecule has 0 unspecified atom stereocenters. The number of anilines is 1. The van der Waals surface area contributed by atoms with Crippen LogP contribution in [-0.2, 0) is 11.3 Å². The number of imidazole rings is 1. The van der Waals surface area contributed by atoms with E-state index in [0.717, 1.165) is 36.3 Å². The highest BCUT2D eigenvalue weighted by molar-refractivity contribution is 8.01. The number of nitrogens with one attached hydrogen (secondary N) is 1. The summed E-state index contributed by atoms with van der Waals surface area (Å²) in [4.78, 5) is 30.1. The van der Waals surface area contributed by atoms with Gasteiger partial charge in [-0.1, -0.05) is 31.9 Å². The van der Waals surface area contributed by atoms with E-state index in [1.165, 1.54) is 18.9 Å². The Kier molecular flexibility index (Phi) is 9.03. The van der Waals surface area contributed by atoms with Gasteiger partial charge >= 0.3 is 5.97 Å². The first-order valence-electron chi connectivity index (χ1n) is 11.8. The van der Waals surface area contributed by atoms with Crippen molar-refractivity contribution in [2.24, 2.45) is 0 Å². The van der Waals surface area contributed by atoms with Gasteiger partial charge < -0.3 is 24.5 Å². The van der Waals surface area contributed by atoms with Crippen LogP contribution in [0.4, 0.5) is 5.69 Å². The van der Waals surface area contributed by atoms with Crippen molar-refractivity contribution in [3.05, 3.63) is 54.4 Å². The molecule has 0 fully saturated rings. The van der Waals surface area contributed by atoms with E-state index < -0.39 is 10.7 Å². The van der Waals surface area contributed by atoms with Gasteiger partial charge in [0.25, 0.3) is 5.91 Å². The van der Waals surface area contributed by atoms with Crippen LogP contribution in [0.15, 0.2) is 53.6 Å². The van der Waals surface area contributed by atoms with Crippen LogP contribution in [0.25, 0.3) is 11.4 Å². The summed E-state index contributed by atoms with van der Waals surface area (Å²) in [5.74, 6) is 0.576. The summed E-state index contributed by atoms with van der Waals surface area (Å²) in [5, 5.41) is 12.3. The van der Waals surface area contributed by atoms with Crippen molar-refractivity contribution in [2.45, 2.75) is 56.2 Å². The first-order chi connectivity index (χ1) is 17.2. The number of methoxy groups -OCH3 is 2. The van der Waals surface area contributed by atoms with Gasteiger partial charge in [0.1, 0.15) is 27.8 Å². The Balaban J connectivity index is 1.89. The molecule has 0 saturated carbocycles. The summed E-state index contributed by atoms with van der Waals surface area (Å²) in [6.45, 7) is 6.23. The molecule has 1 amide bonds. The molecular formula is C27H33N3O5S. The predicted octanol–water partition coefficient (Wildman–Crippen LogP) is 5.97. The maximum absolute atomic E-state index is 13.1. The van der Waals surface area contributed by atoms with Crippen LogP contribution in [0, 0.1) is 0 Å². The minimum absolute atomic E-state index is 0.289. The van der Waals surface area contributed by atoms with Gasteiger partial charge in [-0.2, -0.15) is 0 Å². The molecule has 9 heteroatoms. The standard InChI is InChI=1S/C27H33N3O5S/c1-6-7-8-15-30-17-22(25(31)29-21-16-19(34-4)11-14-23(21)35-5)28-24(30)18-9-12-20(13-10-18)36-27(2,3)26(32)33/h9-14,16-17H,6-8,15H2,1-5H3,(H,29,31)(H,32,33). The SMILES string of the molecule is CCCCCn1cc(C(=O)Nc2cc(OC)ccc2OC)nc1-c1ccc(SC(C)(C)C(=O)O)cc1. The maximum atomic E-state index is 13.1. The number of ether oxygens (including phenoxy) is 2. The molecule has 0 bridgehead atoms. The number of hydrogen-bond donors (Lipinski definition) is 2. The fourth-order valence-corrected chi connectivity index (χ4v) is 4.52. The molecule has 2 N–H and O–H groups in total. The van der Waals surface area contributed by atoms with Crippen molar-refractivity contribution in [1.82, 2.24) is 9.55 Å². The normalized spacial score (nSPS) is 11.2. The number of aryl methyl sites for hydroxylation is 1. The Labute approximate surface area is 216 Å². The van der Waals surface area contributed by atoms with Crippen LogP contribution < -0.4 is 14.8 Å². The minimum Gasteiger partial charge on any atom is -0.497 e. The van der Waals surface area contributed by atoms with Gasteiger partial charge in [-0.05, 0) is 44.5 Å². The molecule has 0 spiro atoms. The lowest BCUT2D eigenvalue weighted by Crippen LogP contribution is -2.26. The molecule has 8 nitrogen and oxygen atoms in total. The molecule has 3 rings (SSSR count). The maximum Gasteiger partial charge on any atom is 0.319 e. The Bertz CT molecular complexity index is 1200. The second-order valence-electron chi connectivity index (χ2n) is 8.81. The second-order valence-corrected chi connectivity index (χ2v) is 10.5. The van der Waals surface area contributed by atoms with E-state index >= 15 is 0 Å². The lowest BCUT2D eigenvalue weighted by Gasteiger charge is -2.18. The van der Waals surface area contributed by atoms with E-state index in [4.69, 9.17) is 9.47 Å². The molecule has 0 atom stereocenters. The fourth-order valence-electron chi connectivity index (χ4n) is 3.57. The zero-order chi connectivity index (χ0) is 26.3. The van der Waals surface area contributed by atoms with Crippen molar-refractivity contribution in [1.29, 1.82) is 0 Å². The number of aromatic nitrogens is 2. The van der Waals surface area contributed by atoms with E-state index in [1.54, 1.807) is 45.4 Å². The lowest BCUT2D eigenvalue weighted by atomic mass is 10.2. The number of thioether (sulfide) groups is 1. The van der Waals surface area contributed by atoms with Gasteiger partial charge in [-0.15, -0.1) is 11.8 Å². The van der Waals surface area contributed by atoms with Crippen molar-refractivity contribution in [3.63, 3.8) is 0 Å². The molecule has 1 heterocycles. The quantitative estimate of drug-likeness (QED) is 0.228. The second kappa shape index (κ2) is 12.0. The third kappa shape index (κ3) is 6.60. The minimum atomic E-state index is -0.938. The fraction of sp³-hybridized carbons (Fsp3) is 0.370. The number of carbonyl (C=O) groups excluding carboxylic acids is 1. The molecule has 3 aromatic rings. The predicted molar refractivity (Wildman–Crippen MR) is 142 cm³/mol. The first kappa shape index (κ1) is 27.1. The Morgan fingerprint density at radius 3 is 2.42 bits per heavy atom. The van der Waals surface area contributed by atoms with Crippen LogP contribution >= 0.6 is 11.8 Å². The van der Waals surface area contributed by atoms with Crippen molar-refractivity contribution in [3.8, 4) is 22.9 Å². The Hall–Kier alpha value is -3.46. The van der Waals surface area contributed by atoms with Crippen LogP contribution in [-0.4, -0.2) is 45.5 Å². The first-order valence-corrected chi connectivity index (χ1v) is 12.6. The molecule has 0 radical (unpaired) electrons. The van der Waals surface area contributed by atoms with Gasteiger partial charge in [-0.25, -0.2) is 4.98 Å². The molecule has 0 aliphatic rings. The number of benzene rings is 2. The highest BCUT2D eigenvalue weighted by atomic mass is 32.2. The van der Waals surface area contributed by atoms with Gasteiger partial charge in [-0.3, -0.25) is 9.59 Å². The summed E-state index contributed by atoms with van der Waals surface area (Å²) in [7, 11) is 3.10. The summed E-state index contributed by atoms with van der Waals surface area (Å²) in [6, 6.07) is 12.8. The molecule has 0 aliphatic carbocycles. The largest absolute Gasteiger partial charge is 0.497 e. The van der Waals surface area contributed by atoms with Crippen molar-refractivity contribution < 1.29 is 24.2 Å². The summed E-state index contributed by atoms with van der Waals surface area (Å²) >= 11 is 1.28. The highest BCUT2D eigenvalue weighted by Gasteiger charge is 2.28. The summed E-state index contributed by atoms with van der Waals surface area (Å²) in [5.41, 5.74) is 1.63. The summed E-state index contributed by atoms with van der Waals surface area (Å²) in [6.07, 6.45) is 4.88. The van der Waals surface area contributed by atoms with Gasteiger partial charge in [0.2, 0.25) is 0 Å². The summed E-state index contributed by atoms with van der Waals surface area (Å²) < 4.78 is 11.7. The molecule has 0 aliphatic heterocycles. The highest BCUT2D eigenvalue weighted by Crippen LogP contribution is 2.34. The number of rotatable bonds is 12. The van der Waals surface area contributed by atoms with E-state index in [-0.39, 0.29) is 11.6 Å². The molecule has 2 aromatic carbocycles. The van der Waals surface area contributed by atoms with Crippen LogP contribution in [0.2, 0.25) is 0 Å². The molecule has 0 saturated heterocycles. The number of aliphatic carboxylic acids is 1. The zero-order valence-corrected chi connectivity index (χ0v) is 22.1. The number of carbonyl (C=O) groups is 2. The van der Waals surface area contributed by atoms with Crippen LogP contribution in [0.5, 0.6) is 11.5 Å². The lowest BCUT2D eigenvalue weighted by molar-refractivity contribution is -0.138. The van der Waals surface area contributed by atoms with Gasteiger partial charge in [0.05, 0.1) is 19.9 Å². The van der Waals surface area contributed by atoms with Crippen LogP contribution in [0.3, 0.4) is 0 Å². The topological polar surface area (TPSA) is 103 Å². The number of hydrogen-bond acceptors (Lipinski definition) is 6. The Morgan fingerprint density at radius 1 is 1.08 bits per heavy atom. The molecule has 192 valence electrons. The zero-order valence-electron chi connectivity index (χ0n) is 21.3. The number of nitrogens with zero attached hydrogens (tertiary/aromatic N) is 2. The average molecular weight is 512 g/mol. The van der Waals surface area contributed by atoms with E-state index in [1.807, 2.05) is 28.8 Å². The average Bonchev–Trinajstić information content (AvgIpc) is 3.28. The number of unbranched alkanes of at least 4 members (excludes halogenated alkanes) is 2. The number of carboxylic acids is 1. The van der Waals surface area contributed by atoms with Gasteiger partial charge in [0, 0.05) is 29.3 Å². The van der Waals surface area contributed by atoms with E-state index in [0.29, 0.717) is 23.0 Å².